The number of nitrogens with two attached hydrogens (primary N) is 1. The number of nitrogens with zero attached hydrogens (tertiary/aromatic N) is 1. The van der Waals surface area contributed by atoms with Crippen molar-refractivity contribution in [1.29, 1.82) is 0 Å². The molecule has 0 fully saturated rings. The highest BCUT2D eigenvalue weighted by atomic mass is 19.1. The van der Waals surface area contributed by atoms with E-state index in [4.69, 9.17) is 5.73 Å². The van der Waals surface area contributed by atoms with Gasteiger partial charge in [0.2, 0.25) is 0 Å². The van der Waals surface area contributed by atoms with Crippen LogP contribution in [0.4, 0.5) is 10.1 Å². The summed E-state index contributed by atoms with van der Waals surface area (Å²) >= 11 is 0. The molecule has 0 aliphatic rings. The third kappa shape index (κ3) is 3.80. The molecule has 0 unspecified atom stereocenters. The Morgan fingerprint density at radius 1 is 1.05 bits per heavy atom. The maximum Gasteiger partial charge on any atom is 0.123 e. The smallest absolute Gasteiger partial charge is 0.123 e. The highest BCUT2D eigenvalue weighted by molar-refractivity contribution is 5.46. The van der Waals surface area contributed by atoms with Crippen molar-refractivity contribution in [2.24, 2.45) is 0 Å². The molecule has 0 aliphatic carbocycles. The highest BCUT2D eigenvalue weighted by Gasteiger charge is 2.06. The van der Waals surface area contributed by atoms with E-state index >= 15 is 0 Å². The molecule has 0 aromatic heterocycles. The lowest BCUT2D eigenvalue weighted by Crippen LogP contribution is -2.18. The zero-order valence-corrected chi connectivity index (χ0v) is 11.4. The van der Waals surface area contributed by atoms with Crippen molar-refractivity contribution in [1.82, 2.24) is 4.90 Å². The van der Waals surface area contributed by atoms with E-state index in [0.29, 0.717) is 12.2 Å². The first-order chi connectivity index (χ1) is 9.04. The zero-order chi connectivity index (χ0) is 13.8. The van der Waals surface area contributed by atoms with Crippen LogP contribution in [0.3, 0.4) is 0 Å². The summed E-state index contributed by atoms with van der Waals surface area (Å²) in [4.78, 5) is 2.12. The standard InChI is InChI=1S/C16H19FN2/c1-12-3-5-13(6-4-12)10-19(2)11-14-9-15(17)7-8-16(14)18/h3-9H,10-11,18H2,1-2H3. The van der Waals surface area contributed by atoms with Crippen molar-refractivity contribution >= 4 is 5.69 Å². The van der Waals surface area contributed by atoms with E-state index < -0.39 is 0 Å². The first-order valence-corrected chi connectivity index (χ1v) is 6.32. The van der Waals surface area contributed by atoms with Crippen LogP contribution in [0.15, 0.2) is 42.5 Å². The first-order valence-electron chi connectivity index (χ1n) is 6.32. The van der Waals surface area contributed by atoms with Gasteiger partial charge < -0.3 is 5.73 Å². The van der Waals surface area contributed by atoms with E-state index in [-0.39, 0.29) is 5.82 Å². The van der Waals surface area contributed by atoms with Crippen molar-refractivity contribution in [3.63, 3.8) is 0 Å². The summed E-state index contributed by atoms with van der Waals surface area (Å²) in [5, 5.41) is 0. The van der Waals surface area contributed by atoms with Gasteiger partial charge >= 0.3 is 0 Å². The number of nitrogen functional groups attached to an aromatic ring is 1. The van der Waals surface area contributed by atoms with Crippen LogP contribution in [-0.2, 0) is 13.1 Å². The van der Waals surface area contributed by atoms with Gasteiger partial charge in [-0.05, 0) is 43.3 Å². The first kappa shape index (κ1) is 13.6. The Morgan fingerprint density at radius 3 is 2.42 bits per heavy atom. The lowest BCUT2D eigenvalue weighted by molar-refractivity contribution is 0.319. The maximum atomic E-state index is 13.2. The molecule has 0 saturated carbocycles. The molecule has 0 saturated heterocycles. The molecule has 2 rings (SSSR count). The number of aryl methyl sites for hydroxylation is 1. The highest BCUT2D eigenvalue weighted by Crippen LogP contribution is 2.16. The van der Waals surface area contributed by atoms with Crippen molar-refractivity contribution < 1.29 is 4.39 Å². The van der Waals surface area contributed by atoms with Gasteiger partial charge in [0.25, 0.3) is 0 Å². The summed E-state index contributed by atoms with van der Waals surface area (Å²) in [5.74, 6) is -0.243. The van der Waals surface area contributed by atoms with Gasteiger partial charge in [-0.15, -0.1) is 0 Å². The molecular weight excluding hydrogens is 239 g/mol. The molecule has 0 spiro atoms. The minimum Gasteiger partial charge on any atom is -0.398 e. The Morgan fingerprint density at radius 2 is 1.74 bits per heavy atom. The van der Waals surface area contributed by atoms with Gasteiger partial charge in [0, 0.05) is 18.8 Å². The fourth-order valence-corrected chi connectivity index (χ4v) is 2.06. The van der Waals surface area contributed by atoms with Crippen LogP contribution in [0.2, 0.25) is 0 Å². The molecule has 0 radical (unpaired) electrons. The minimum absolute atomic E-state index is 0.243. The number of hydrogen-bond acceptors (Lipinski definition) is 2. The number of hydrogen-bond donors (Lipinski definition) is 1. The molecular formula is C16H19FN2. The molecule has 100 valence electrons. The van der Waals surface area contributed by atoms with Gasteiger partial charge in [-0.25, -0.2) is 4.39 Å². The zero-order valence-electron chi connectivity index (χ0n) is 11.4. The predicted molar refractivity (Wildman–Crippen MR) is 77.2 cm³/mol. The van der Waals surface area contributed by atoms with Gasteiger partial charge in [-0.3, -0.25) is 4.90 Å². The molecule has 2 N–H and O–H groups in total. The van der Waals surface area contributed by atoms with Gasteiger partial charge in [-0.1, -0.05) is 29.8 Å². The SMILES string of the molecule is Cc1ccc(CN(C)Cc2cc(F)ccc2N)cc1. The van der Waals surface area contributed by atoms with Crippen molar-refractivity contribution in [2.45, 2.75) is 20.0 Å². The van der Waals surface area contributed by atoms with Crippen LogP contribution in [0.1, 0.15) is 16.7 Å². The van der Waals surface area contributed by atoms with Crippen molar-refractivity contribution in [3.8, 4) is 0 Å². The molecule has 2 aromatic rings. The van der Waals surface area contributed by atoms with Crippen LogP contribution in [-0.4, -0.2) is 11.9 Å². The van der Waals surface area contributed by atoms with E-state index in [9.17, 15) is 4.39 Å². The predicted octanol–water partition coefficient (Wildman–Crippen LogP) is 3.35. The topological polar surface area (TPSA) is 29.3 Å². The number of rotatable bonds is 4. The molecule has 2 nitrogen and oxygen atoms in total. The molecule has 3 heteroatoms. The van der Waals surface area contributed by atoms with Crippen molar-refractivity contribution in [2.75, 3.05) is 12.8 Å². The number of halogens is 1. The third-order valence-corrected chi connectivity index (χ3v) is 3.12. The average molecular weight is 258 g/mol. The van der Waals surface area contributed by atoms with Gasteiger partial charge in [0.1, 0.15) is 5.82 Å². The van der Waals surface area contributed by atoms with Gasteiger partial charge in [0.15, 0.2) is 0 Å². The molecule has 2 aromatic carbocycles. The normalized spacial score (nSPS) is 10.9. The van der Waals surface area contributed by atoms with Crippen LogP contribution in [0.5, 0.6) is 0 Å². The molecule has 0 aliphatic heterocycles. The average Bonchev–Trinajstić information content (AvgIpc) is 2.37. The number of anilines is 1. The molecule has 19 heavy (non-hydrogen) atoms. The quantitative estimate of drug-likeness (QED) is 0.852. The molecule has 0 amide bonds. The summed E-state index contributed by atoms with van der Waals surface area (Å²) < 4.78 is 13.2. The summed E-state index contributed by atoms with van der Waals surface area (Å²) in [6.45, 7) is 3.52. The summed E-state index contributed by atoms with van der Waals surface area (Å²) in [6, 6.07) is 12.9. The number of benzene rings is 2. The second kappa shape index (κ2) is 5.85. The monoisotopic (exact) mass is 258 g/mol. The van der Waals surface area contributed by atoms with Gasteiger partial charge in [-0.2, -0.15) is 0 Å². The summed E-state index contributed by atoms with van der Waals surface area (Å²) in [5.41, 5.74) is 9.81. The van der Waals surface area contributed by atoms with E-state index in [1.54, 1.807) is 6.07 Å². The lowest BCUT2D eigenvalue weighted by Gasteiger charge is -2.18. The van der Waals surface area contributed by atoms with Crippen LogP contribution in [0, 0.1) is 12.7 Å². The largest absolute Gasteiger partial charge is 0.398 e. The Kier molecular flexibility index (Phi) is 4.17. The maximum absolute atomic E-state index is 13.2. The van der Waals surface area contributed by atoms with E-state index in [1.165, 1.54) is 23.3 Å². The van der Waals surface area contributed by atoms with Crippen molar-refractivity contribution in [3.05, 3.63) is 65.0 Å². The third-order valence-electron chi connectivity index (χ3n) is 3.12. The fraction of sp³-hybridized carbons (Fsp3) is 0.250. The Labute approximate surface area is 113 Å². The fourth-order valence-electron chi connectivity index (χ4n) is 2.06. The van der Waals surface area contributed by atoms with Gasteiger partial charge in [0.05, 0.1) is 0 Å². The second-order valence-corrected chi connectivity index (χ2v) is 5.00. The summed E-state index contributed by atoms with van der Waals surface area (Å²) in [7, 11) is 2.00. The summed E-state index contributed by atoms with van der Waals surface area (Å²) in [6.07, 6.45) is 0. The van der Waals surface area contributed by atoms with Crippen LogP contribution in [0.25, 0.3) is 0 Å². The lowest BCUT2D eigenvalue weighted by atomic mass is 10.1. The Balaban J connectivity index is 2.02. The Hall–Kier alpha value is -1.87. The molecule has 0 atom stereocenters. The molecule has 0 bridgehead atoms. The second-order valence-electron chi connectivity index (χ2n) is 5.00. The minimum atomic E-state index is -0.243. The molecule has 0 heterocycles. The van der Waals surface area contributed by atoms with E-state index in [1.807, 2.05) is 7.05 Å². The Bertz CT molecular complexity index is 549. The van der Waals surface area contributed by atoms with E-state index in [2.05, 4.69) is 36.1 Å². The van der Waals surface area contributed by atoms with Crippen LogP contribution < -0.4 is 5.73 Å². The van der Waals surface area contributed by atoms with E-state index in [0.717, 1.165) is 12.1 Å². The van der Waals surface area contributed by atoms with Crippen LogP contribution >= 0.6 is 0 Å².